The van der Waals surface area contributed by atoms with Crippen LogP contribution >= 0.6 is 0 Å². The smallest absolute Gasteiger partial charge is 0.267 e. The summed E-state index contributed by atoms with van der Waals surface area (Å²) in [4.78, 5) is 42.3. The molecular formula is C21H27FN6O4. The van der Waals surface area contributed by atoms with Crippen LogP contribution in [0.25, 0.3) is 0 Å². The largest absolute Gasteiger partial charge is 0.374 e. The minimum atomic E-state index is -1.02. The quantitative estimate of drug-likeness (QED) is 0.321. The van der Waals surface area contributed by atoms with Crippen molar-refractivity contribution in [2.24, 2.45) is 5.73 Å². The van der Waals surface area contributed by atoms with Crippen LogP contribution in [0.1, 0.15) is 19.4 Å². The SMILES string of the molecule is C=C1CN(C(=O)CNc2cnccc2C(=N)C(N)=O)[C@H](C(=O)NCC(F)=C(C)C)[C@@H]1OC. The Morgan fingerprint density at radius 3 is 2.66 bits per heavy atom. The van der Waals surface area contributed by atoms with Crippen LogP contribution in [-0.4, -0.2) is 72.2 Å². The molecule has 5 N–H and O–H groups in total. The third kappa shape index (κ3) is 5.55. The maximum Gasteiger partial charge on any atom is 0.267 e. The van der Waals surface area contributed by atoms with Crippen molar-refractivity contribution in [3.8, 4) is 0 Å². The lowest BCUT2D eigenvalue weighted by Crippen LogP contribution is -2.52. The fourth-order valence-electron chi connectivity index (χ4n) is 3.22. The Balaban J connectivity index is 2.16. The van der Waals surface area contributed by atoms with Crippen LogP contribution < -0.4 is 16.4 Å². The zero-order valence-corrected chi connectivity index (χ0v) is 18.2. The molecule has 11 heteroatoms. The zero-order valence-electron chi connectivity index (χ0n) is 18.2. The molecule has 1 aliphatic heterocycles. The number of ether oxygens (including phenoxy) is 1. The molecule has 0 aromatic carbocycles. The van der Waals surface area contributed by atoms with Crippen molar-refractivity contribution in [3.63, 3.8) is 0 Å². The van der Waals surface area contributed by atoms with E-state index in [0.717, 1.165) is 0 Å². The summed E-state index contributed by atoms with van der Waals surface area (Å²) in [6.07, 6.45) is 2.00. The topological polar surface area (TPSA) is 150 Å². The fraction of sp³-hybridized carbons (Fsp3) is 0.381. The van der Waals surface area contributed by atoms with Gasteiger partial charge in [0.2, 0.25) is 11.8 Å². The van der Waals surface area contributed by atoms with Crippen LogP contribution in [0, 0.1) is 5.41 Å². The van der Waals surface area contributed by atoms with Crippen molar-refractivity contribution in [3.05, 3.63) is 47.6 Å². The molecule has 3 amide bonds. The Bertz CT molecular complexity index is 973. The van der Waals surface area contributed by atoms with Crippen LogP contribution in [0.5, 0.6) is 0 Å². The second-order valence-corrected chi connectivity index (χ2v) is 7.42. The number of hydrogen-bond acceptors (Lipinski definition) is 7. The molecular weight excluding hydrogens is 419 g/mol. The molecule has 2 heterocycles. The molecule has 0 saturated carbocycles. The number of likely N-dealkylation sites (tertiary alicyclic amines) is 1. The summed E-state index contributed by atoms with van der Waals surface area (Å²) in [5, 5.41) is 13.1. The Kier molecular flexibility index (Phi) is 8.19. The van der Waals surface area contributed by atoms with E-state index in [1.54, 1.807) is 13.8 Å². The maximum absolute atomic E-state index is 13.8. The van der Waals surface area contributed by atoms with Gasteiger partial charge in [-0.1, -0.05) is 6.58 Å². The van der Waals surface area contributed by atoms with Gasteiger partial charge in [0.25, 0.3) is 5.91 Å². The first-order valence-electron chi connectivity index (χ1n) is 9.74. The summed E-state index contributed by atoms with van der Waals surface area (Å²) < 4.78 is 19.2. The van der Waals surface area contributed by atoms with Crippen LogP contribution in [0.2, 0.25) is 0 Å². The number of methoxy groups -OCH3 is 1. The molecule has 0 radical (unpaired) electrons. The monoisotopic (exact) mass is 446 g/mol. The second kappa shape index (κ2) is 10.6. The molecule has 1 aliphatic rings. The van der Waals surface area contributed by atoms with E-state index in [1.165, 1.54) is 30.5 Å². The van der Waals surface area contributed by atoms with Gasteiger partial charge >= 0.3 is 0 Å². The van der Waals surface area contributed by atoms with E-state index in [2.05, 4.69) is 22.2 Å². The molecule has 2 rings (SSSR count). The second-order valence-electron chi connectivity index (χ2n) is 7.42. The van der Waals surface area contributed by atoms with Gasteiger partial charge in [-0.25, -0.2) is 4.39 Å². The van der Waals surface area contributed by atoms with E-state index in [0.29, 0.717) is 11.1 Å². The third-order valence-corrected chi connectivity index (χ3v) is 4.97. The Hall–Kier alpha value is -3.60. The number of carbonyl (C=O) groups excluding carboxylic acids is 3. The number of pyridine rings is 1. The number of nitrogens with two attached hydrogens (primary N) is 1. The van der Waals surface area contributed by atoms with Gasteiger partial charge in [0, 0.05) is 25.4 Å². The predicted octanol–water partition coefficient (Wildman–Crippen LogP) is 0.508. The molecule has 172 valence electrons. The molecule has 0 aliphatic carbocycles. The third-order valence-electron chi connectivity index (χ3n) is 4.97. The molecule has 1 saturated heterocycles. The molecule has 0 unspecified atom stereocenters. The minimum Gasteiger partial charge on any atom is -0.374 e. The number of halogens is 1. The molecule has 10 nitrogen and oxygen atoms in total. The van der Waals surface area contributed by atoms with Crippen LogP contribution in [0.3, 0.4) is 0 Å². The van der Waals surface area contributed by atoms with Gasteiger partial charge < -0.3 is 26.0 Å². The van der Waals surface area contributed by atoms with Crippen LogP contribution in [-0.2, 0) is 19.1 Å². The first-order chi connectivity index (χ1) is 15.1. The molecule has 2 atom stereocenters. The highest BCUT2D eigenvalue weighted by Crippen LogP contribution is 2.25. The molecule has 0 bridgehead atoms. The standard InChI is InChI=1S/C21H27FN6O4/c1-11(2)14(22)7-27-21(31)18-19(32-4)12(3)10-28(18)16(29)9-26-15-8-25-6-5-13(15)17(23)20(24)30/h5-6,8,18-19,23,26H,3,7,9-10H2,1-2,4H3,(H2,24,30)(H,27,31)/t18-,19+/m0/s1. The highest BCUT2D eigenvalue weighted by atomic mass is 19.1. The van der Waals surface area contributed by atoms with Gasteiger partial charge in [-0.15, -0.1) is 0 Å². The number of hydrogen-bond donors (Lipinski definition) is 4. The summed E-state index contributed by atoms with van der Waals surface area (Å²) in [6, 6.07) is 0.399. The van der Waals surface area contributed by atoms with Gasteiger partial charge in [0.15, 0.2) is 0 Å². The Labute approximate surface area is 185 Å². The average Bonchev–Trinajstić information content (AvgIpc) is 3.11. The van der Waals surface area contributed by atoms with Crippen LogP contribution in [0.15, 0.2) is 42.0 Å². The Morgan fingerprint density at radius 2 is 2.06 bits per heavy atom. The summed E-state index contributed by atoms with van der Waals surface area (Å²) in [6.45, 7) is 6.57. The normalized spacial score (nSPS) is 17.6. The number of carbonyl (C=O) groups is 3. The number of nitrogens with zero attached hydrogens (tertiary/aromatic N) is 2. The fourth-order valence-corrected chi connectivity index (χ4v) is 3.22. The van der Waals surface area contributed by atoms with E-state index in [1.807, 2.05) is 0 Å². The number of allylic oxidation sites excluding steroid dienone is 1. The highest BCUT2D eigenvalue weighted by Gasteiger charge is 2.44. The molecule has 1 fully saturated rings. The van der Waals surface area contributed by atoms with E-state index in [-0.39, 0.29) is 30.9 Å². The number of aromatic nitrogens is 1. The lowest BCUT2D eigenvalue weighted by atomic mass is 10.1. The van der Waals surface area contributed by atoms with Crippen molar-refractivity contribution in [2.75, 3.05) is 32.1 Å². The highest BCUT2D eigenvalue weighted by molar-refractivity contribution is 6.44. The van der Waals surface area contributed by atoms with Gasteiger partial charge in [0.05, 0.1) is 25.0 Å². The summed E-state index contributed by atoms with van der Waals surface area (Å²) in [5.74, 6) is -2.43. The van der Waals surface area contributed by atoms with Crippen molar-refractivity contribution in [1.29, 1.82) is 5.41 Å². The predicted molar refractivity (Wildman–Crippen MR) is 117 cm³/mol. The van der Waals surface area contributed by atoms with Gasteiger partial charge in [-0.05, 0) is 31.1 Å². The van der Waals surface area contributed by atoms with Gasteiger partial charge in [-0.2, -0.15) is 0 Å². The van der Waals surface area contributed by atoms with E-state index < -0.39 is 41.4 Å². The number of nitrogens with one attached hydrogen (secondary N) is 3. The minimum absolute atomic E-state index is 0.0826. The zero-order chi connectivity index (χ0) is 24.0. The number of amides is 3. The average molecular weight is 446 g/mol. The van der Waals surface area contributed by atoms with E-state index in [9.17, 15) is 18.8 Å². The number of rotatable bonds is 9. The van der Waals surface area contributed by atoms with Crippen molar-refractivity contribution in [1.82, 2.24) is 15.2 Å². The van der Waals surface area contributed by atoms with Crippen molar-refractivity contribution < 1.29 is 23.5 Å². The summed E-state index contributed by atoms with van der Waals surface area (Å²) >= 11 is 0. The van der Waals surface area contributed by atoms with E-state index in [4.69, 9.17) is 15.9 Å². The first-order valence-corrected chi connectivity index (χ1v) is 9.74. The summed E-state index contributed by atoms with van der Waals surface area (Å²) in [5.41, 5.74) is 6.16. The lowest BCUT2D eigenvalue weighted by Gasteiger charge is -2.26. The lowest BCUT2D eigenvalue weighted by molar-refractivity contribution is -0.139. The first kappa shape index (κ1) is 24.7. The Morgan fingerprint density at radius 1 is 1.38 bits per heavy atom. The van der Waals surface area contributed by atoms with Crippen molar-refractivity contribution >= 4 is 29.1 Å². The van der Waals surface area contributed by atoms with E-state index >= 15 is 0 Å². The summed E-state index contributed by atoms with van der Waals surface area (Å²) in [7, 11) is 1.40. The number of anilines is 1. The molecule has 1 aromatic heterocycles. The van der Waals surface area contributed by atoms with Crippen molar-refractivity contribution in [2.45, 2.75) is 26.0 Å². The number of primary amides is 1. The molecule has 32 heavy (non-hydrogen) atoms. The maximum atomic E-state index is 13.8. The van der Waals surface area contributed by atoms with Gasteiger partial charge in [-0.3, -0.25) is 24.8 Å². The molecule has 1 aromatic rings. The van der Waals surface area contributed by atoms with Gasteiger partial charge in [0.1, 0.15) is 23.7 Å². The van der Waals surface area contributed by atoms with Crippen LogP contribution in [0.4, 0.5) is 10.1 Å². The molecule has 0 spiro atoms.